The SMILES string of the molecule is CCC1(C)c2cccc3c2-c2c(ccc[n+]2C1(CC)CCC1c2ccc(-c4ccccc4)c4sc5cc(C)c[n+]1c5c24)C3(C)C. The fourth-order valence-corrected chi connectivity index (χ4v) is 11.4. The third-order valence-electron chi connectivity index (χ3n) is 12.5. The lowest BCUT2D eigenvalue weighted by Gasteiger charge is -2.48. The Labute approximate surface area is 271 Å². The molecule has 6 aromatic rings. The molecule has 3 atom stereocenters. The summed E-state index contributed by atoms with van der Waals surface area (Å²) in [5.41, 5.74) is 14.5. The molecule has 0 bridgehead atoms. The van der Waals surface area contributed by atoms with Gasteiger partial charge in [0, 0.05) is 47.4 Å². The van der Waals surface area contributed by atoms with Gasteiger partial charge in [0.25, 0.3) is 0 Å². The Bertz CT molecular complexity index is 2210. The second kappa shape index (κ2) is 9.13. The summed E-state index contributed by atoms with van der Waals surface area (Å²) in [6, 6.07) is 30.5. The number of hydrogen-bond acceptors (Lipinski definition) is 1. The lowest BCUT2D eigenvalue weighted by Crippen LogP contribution is -2.69. The van der Waals surface area contributed by atoms with E-state index in [9.17, 15) is 0 Å². The highest BCUT2D eigenvalue weighted by molar-refractivity contribution is 7.26. The molecular weight excluding hydrogens is 565 g/mol. The highest BCUT2D eigenvalue weighted by Gasteiger charge is 2.62. The van der Waals surface area contributed by atoms with Gasteiger partial charge in [0.1, 0.15) is 4.70 Å². The molecule has 0 amide bonds. The Kier molecular flexibility index (Phi) is 5.58. The van der Waals surface area contributed by atoms with Gasteiger partial charge in [-0.2, -0.15) is 9.13 Å². The van der Waals surface area contributed by atoms with E-state index in [2.05, 4.69) is 142 Å². The van der Waals surface area contributed by atoms with E-state index in [1.54, 1.807) is 5.56 Å². The maximum absolute atomic E-state index is 2.77. The van der Waals surface area contributed by atoms with E-state index in [4.69, 9.17) is 0 Å². The standard InChI is InChI=1S/C42H42N2S/c1-7-41(6)31-17-12-16-30-36(31)37-32(40(30,4)5)18-13-23-44(37)42(41,8-2)22-21-33-29-20-19-28(27-14-10-9-11-15-27)39-35(29)38-34(45-39)24-26(3)25-43(33)38/h9-20,23-25,33H,7-8,21-22H2,1-6H3/q+2. The number of aryl methyl sites for hydroxylation is 1. The van der Waals surface area contributed by atoms with Gasteiger partial charge in [-0.3, -0.25) is 0 Å². The molecule has 0 saturated carbocycles. The van der Waals surface area contributed by atoms with Crippen molar-refractivity contribution in [3.63, 3.8) is 0 Å². The van der Waals surface area contributed by atoms with Crippen LogP contribution < -0.4 is 9.13 Å². The van der Waals surface area contributed by atoms with Crippen LogP contribution >= 0.6 is 11.3 Å². The summed E-state index contributed by atoms with van der Waals surface area (Å²) < 4.78 is 8.27. The molecule has 45 heavy (non-hydrogen) atoms. The number of pyridine rings is 2. The molecule has 2 nitrogen and oxygen atoms in total. The first-order chi connectivity index (χ1) is 21.7. The van der Waals surface area contributed by atoms with E-state index in [0.717, 1.165) is 25.7 Å². The van der Waals surface area contributed by atoms with Crippen LogP contribution in [0.15, 0.2) is 91.3 Å². The minimum absolute atomic E-state index is 0.0107. The molecule has 3 heteroatoms. The van der Waals surface area contributed by atoms with Crippen molar-refractivity contribution < 1.29 is 9.13 Å². The molecule has 0 N–H and O–H groups in total. The van der Waals surface area contributed by atoms with Gasteiger partial charge in [0.05, 0.1) is 21.1 Å². The largest absolute Gasteiger partial charge is 0.232 e. The first kappa shape index (κ1) is 27.5. The summed E-state index contributed by atoms with van der Waals surface area (Å²) in [5, 5.41) is 1.48. The highest BCUT2D eigenvalue weighted by Crippen LogP contribution is 2.59. The topological polar surface area (TPSA) is 7.76 Å². The Balaban J connectivity index is 1.22. The van der Waals surface area contributed by atoms with Gasteiger partial charge in [-0.25, -0.2) is 0 Å². The van der Waals surface area contributed by atoms with Crippen molar-refractivity contribution in [1.29, 1.82) is 0 Å². The summed E-state index contributed by atoms with van der Waals surface area (Å²) in [4.78, 5) is 0. The molecule has 2 aliphatic heterocycles. The number of aromatic nitrogens is 2. The first-order valence-corrected chi connectivity index (χ1v) is 17.7. The molecule has 0 spiro atoms. The minimum atomic E-state index is -0.0268. The van der Waals surface area contributed by atoms with Crippen molar-refractivity contribution >= 4 is 31.6 Å². The quantitative estimate of drug-likeness (QED) is 0.167. The summed E-state index contributed by atoms with van der Waals surface area (Å²) >= 11 is 1.97. The number of hydrogen-bond donors (Lipinski definition) is 0. The third kappa shape index (κ3) is 3.25. The summed E-state index contributed by atoms with van der Waals surface area (Å²) in [6.45, 7) is 14.6. The van der Waals surface area contributed by atoms with Crippen LogP contribution in [0.25, 0.3) is 42.7 Å². The van der Waals surface area contributed by atoms with E-state index >= 15 is 0 Å². The van der Waals surface area contributed by atoms with Crippen molar-refractivity contribution in [2.75, 3.05) is 0 Å². The Hall–Kier alpha value is -3.82. The molecule has 224 valence electrons. The van der Waals surface area contributed by atoms with Crippen LogP contribution in [0.1, 0.15) is 94.2 Å². The van der Waals surface area contributed by atoms with Crippen molar-refractivity contribution in [3.8, 4) is 22.4 Å². The zero-order chi connectivity index (χ0) is 30.9. The van der Waals surface area contributed by atoms with E-state index in [1.807, 2.05) is 11.3 Å². The number of thiophene rings is 1. The predicted octanol–water partition coefficient (Wildman–Crippen LogP) is 10.1. The van der Waals surface area contributed by atoms with E-state index in [-0.39, 0.29) is 16.4 Å². The van der Waals surface area contributed by atoms with E-state index in [0.29, 0.717) is 6.04 Å². The van der Waals surface area contributed by atoms with Crippen LogP contribution in [0.2, 0.25) is 0 Å². The fraction of sp³-hybridized carbons (Fsp3) is 0.333. The highest BCUT2D eigenvalue weighted by atomic mass is 32.1. The molecule has 0 radical (unpaired) electrons. The van der Waals surface area contributed by atoms with E-state index in [1.165, 1.54) is 64.9 Å². The molecule has 0 fully saturated rings. The zero-order valence-corrected chi connectivity index (χ0v) is 28.2. The lowest BCUT2D eigenvalue weighted by atomic mass is 9.58. The molecular formula is C42H42N2S+2. The number of rotatable bonds is 6. The van der Waals surface area contributed by atoms with Gasteiger partial charge >= 0.3 is 0 Å². The van der Waals surface area contributed by atoms with Gasteiger partial charge in [0.2, 0.25) is 11.2 Å². The van der Waals surface area contributed by atoms with Gasteiger partial charge in [-0.05, 0) is 54.7 Å². The van der Waals surface area contributed by atoms with Crippen LogP contribution in [-0.2, 0) is 16.4 Å². The van der Waals surface area contributed by atoms with Gasteiger partial charge in [-0.15, -0.1) is 11.3 Å². The lowest BCUT2D eigenvalue weighted by molar-refractivity contribution is -0.772. The molecule has 3 aromatic heterocycles. The van der Waals surface area contributed by atoms with Crippen molar-refractivity contribution in [2.24, 2.45) is 0 Å². The monoisotopic (exact) mass is 606 g/mol. The first-order valence-electron chi connectivity index (χ1n) is 16.9. The maximum Gasteiger partial charge on any atom is 0.232 e. The molecule has 9 rings (SSSR count). The van der Waals surface area contributed by atoms with Gasteiger partial charge < -0.3 is 0 Å². The van der Waals surface area contributed by atoms with Gasteiger partial charge in [-0.1, -0.05) is 88.4 Å². The second-order valence-corrected chi connectivity index (χ2v) is 15.7. The molecule has 0 saturated heterocycles. The second-order valence-electron chi connectivity index (χ2n) is 14.6. The number of benzene rings is 3. The van der Waals surface area contributed by atoms with Crippen molar-refractivity contribution in [2.45, 2.75) is 89.6 Å². The normalized spacial score (nSPS) is 23.4. The molecule has 3 aliphatic rings. The molecule has 5 heterocycles. The molecule has 3 aromatic carbocycles. The minimum Gasteiger partial charge on any atom is -0.192 e. The molecule has 1 aliphatic carbocycles. The third-order valence-corrected chi connectivity index (χ3v) is 13.6. The summed E-state index contributed by atoms with van der Waals surface area (Å²) in [7, 11) is 0. The maximum atomic E-state index is 2.77. The smallest absolute Gasteiger partial charge is 0.192 e. The van der Waals surface area contributed by atoms with E-state index < -0.39 is 0 Å². The van der Waals surface area contributed by atoms with Crippen LogP contribution in [0, 0.1) is 6.92 Å². The Morgan fingerprint density at radius 2 is 1.60 bits per heavy atom. The van der Waals surface area contributed by atoms with Crippen LogP contribution in [0.4, 0.5) is 0 Å². The van der Waals surface area contributed by atoms with Crippen molar-refractivity contribution in [3.05, 3.63) is 119 Å². The van der Waals surface area contributed by atoms with Crippen LogP contribution in [-0.4, -0.2) is 0 Å². The van der Waals surface area contributed by atoms with Crippen LogP contribution in [0.5, 0.6) is 0 Å². The fourth-order valence-electron chi connectivity index (χ4n) is 10.0. The predicted molar refractivity (Wildman–Crippen MR) is 187 cm³/mol. The number of nitrogens with zero attached hydrogens (tertiary/aromatic N) is 2. The molecule has 3 unspecified atom stereocenters. The average Bonchev–Trinajstić information content (AvgIpc) is 3.67. The zero-order valence-electron chi connectivity index (χ0n) is 27.4. The summed E-state index contributed by atoms with van der Waals surface area (Å²) in [5.74, 6) is 0. The van der Waals surface area contributed by atoms with Crippen LogP contribution in [0.3, 0.4) is 0 Å². The Morgan fingerprint density at radius 3 is 2.38 bits per heavy atom. The van der Waals surface area contributed by atoms with Crippen molar-refractivity contribution in [1.82, 2.24) is 0 Å². The Morgan fingerprint density at radius 1 is 0.822 bits per heavy atom. The summed E-state index contributed by atoms with van der Waals surface area (Å²) in [6.07, 6.45) is 9.31. The van der Waals surface area contributed by atoms with Gasteiger partial charge in [0.15, 0.2) is 24.0 Å². The average molecular weight is 607 g/mol.